The van der Waals surface area contributed by atoms with Crippen LogP contribution in [-0.4, -0.2) is 0 Å². The van der Waals surface area contributed by atoms with Crippen LogP contribution in [0.25, 0.3) is 0 Å². The molecule has 2 aromatic carbocycles. The molecule has 0 amide bonds. The molecule has 0 bridgehead atoms. The van der Waals surface area contributed by atoms with Crippen LogP contribution in [0.15, 0.2) is 48.5 Å². The number of halogens is 1. The Morgan fingerprint density at radius 2 is 1.56 bits per heavy atom. The molecule has 2 heteroatoms. The third kappa shape index (κ3) is 2.83. The van der Waals surface area contributed by atoms with Crippen LogP contribution < -0.4 is 4.74 Å². The van der Waals surface area contributed by atoms with E-state index in [0.717, 1.165) is 11.3 Å². The molecule has 0 fully saturated rings. The van der Waals surface area contributed by atoms with Crippen LogP contribution in [0, 0.1) is 12.7 Å². The van der Waals surface area contributed by atoms with Crippen molar-refractivity contribution in [1.82, 2.24) is 0 Å². The molecular weight excluding hydrogens is 203 g/mol. The third-order valence-corrected chi connectivity index (χ3v) is 2.34. The van der Waals surface area contributed by atoms with Gasteiger partial charge < -0.3 is 4.74 Å². The van der Waals surface area contributed by atoms with E-state index in [9.17, 15) is 4.39 Å². The fraction of sp³-hybridized carbons (Fsp3) is 0.143. The Balaban J connectivity index is 1.97. The molecule has 82 valence electrons. The van der Waals surface area contributed by atoms with Crippen molar-refractivity contribution in [2.75, 3.05) is 0 Å². The van der Waals surface area contributed by atoms with E-state index in [0.29, 0.717) is 6.61 Å². The predicted octanol–water partition coefficient (Wildman–Crippen LogP) is 3.71. The summed E-state index contributed by atoms with van der Waals surface area (Å²) in [7, 11) is 0. The molecule has 1 nitrogen and oxygen atoms in total. The second kappa shape index (κ2) is 4.79. The lowest BCUT2D eigenvalue weighted by molar-refractivity contribution is 0.306. The Labute approximate surface area is 94.5 Å². The Morgan fingerprint density at radius 3 is 2.19 bits per heavy atom. The van der Waals surface area contributed by atoms with Gasteiger partial charge >= 0.3 is 0 Å². The van der Waals surface area contributed by atoms with Gasteiger partial charge in [0.25, 0.3) is 0 Å². The molecule has 0 saturated heterocycles. The largest absolute Gasteiger partial charge is 0.489 e. The quantitative estimate of drug-likeness (QED) is 0.759. The first-order valence-electron chi connectivity index (χ1n) is 5.18. The van der Waals surface area contributed by atoms with Crippen molar-refractivity contribution >= 4 is 0 Å². The lowest BCUT2D eigenvalue weighted by Gasteiger charge is -2.06. The smallest absolute Gasteiger partial charge is 0.123 e. The van der Waals surface area contributed by atoms with Gasteiger partial charge in [0.2, 0.25) is 0 Å². The third-order valence-electron chi connectivity index (χ3n) is 2.34. The average Bonchev–Trinajstić information content (AvgIpc) is 2.30. The van der Waals surface area contributed by atoms with Gasteiger partial charge in [-0.1, -0.05) is 29.8 Å². The summed E-state index contributed by atoms with van der Waals surface area (Å²) in [5.41, 5.74) is 2.16. The van der Waals surface area contributed by atoms with Crippen LogP contribution in [0.5, 0.6) is 5.75 Å². The minimum Gasteiger partial charge on any atom is -0.489 e. The van der Waals surface area contributed by atoms with Crippen molar-refractivity contribution in [3.63, 3.8) is 0 Å². The van der Waals surface area contributed by atoms with Gasteiger partial charge in [0.05, 0.1) is 0 Å². The highest BCUT2D eigenvalue weighted by molar-refractivity contribution is 5.26. The van der Waals surface area contributed by atoms with Crippen molar-refractivity contribution in [3.8, 4) is 5.75 Å². The monoisotopic (exact) mass is 216 g/mol. The number of hydrogen-bond acceptors (Lipinski definition) is 1. The molecule has 0 aliphatic heterocycles. The van der Waals surface area contributed by atoms with E-state index in [1.807, 2.05) is 31.2 Å². The summed E-state index contributed by atoms with van der Waals surface area (Å²) in [5.74, 6) is 0.606. The summed E-state index contributed by atoms with van der Waals surface area (Å²) in [6.07, 6.45) is 0. The fourth-order valence-electron chi connectivity index (χ4n) is 1.38. The van der Waals surface area contributed by atoms with Crippen molar-refractivity contribution in [2.24, 2.45) is 0 Å². The fourth-order valence-corrected chi connectivity index (χ4v) is 1.38. The standard InChI is InChI=1S/C14H13FO/c1-11-2-8-14(9-3-11)16-10-12-4-6-13(15)7-5-12/h2-9H,10H2,1H3. The molecule has 0 aliphatic carbocycles. The molecule has 0 radical (unpaired) electrons. The number of benzene rings is 2. The molecule has 0 aromatic heterocycles. The van der Waals surface area contributed by atoms with Crippen LogP contribution in [0.1, 0.15) is 11.1 Å². The van der Waals surface area contributed by atoms with Gasteiger partial charge in [-0.3, -0.25) is 0 Å². The van der Waals surface area contributed by atoms with E-state index < -0.39 is 0 Å². The minimum absolute atomic E-state index is 0.223. The molecule has 2 aromatic rings. The predicted molar refractivity (Wildman–Crippen MR) is 61.9 cm³/mol. The summed E-state index contributed by atoms with van der Waals surface area (Å²) in [6.45, 7) is 2.49. The van der Waals surface area contributed by atoms with Crippen molar-refractivity contribution < 1.29 is 9.13 Å². The van der Waals surface area contributed by atoms with E-state index >= 15 is 0 Å². The number of ether oxygens (including phenoxy) is 1. The van der Waals surface area contributed by atoms with E-state index in [1.54, 1.807) is 12.1 Å². The summed E-state index contributed by atoms with van der Waals surface area (Å²) in [6, 6.07) is 14.2. The van der Waals surface area contributed by atoms with E-state index in [1.165, 1.54) is 17.7 Å². The molecular formula is C14H13FO. The number of aryl methyl sites for hydroxylation is 1. The maximum atomic E-state index is 12.7. The van der Waals surface area contributed by atoms with Crippen LogP contribution in [0.2, 0.25) is 0 Å². The molecule has 0 saturated carbocycles. The summed E-state index contributed by atoms with van der Waals surface area (Å²) in [5, 5.41) is 0. The zero-order valence-electron chi connectivity index (χ0n) is 9.11. The first kappa shape index (κ1) is 10.7. The van der Waals surface area contributed by atoms with Gasteiger partial charge in [0.15, 0.2) is 0 Å². The molecule has 2 rings (SSSR count). The zero-order valence-corrected chi connectivity index (χ0v) is 9.11. The number of hydrogen-bond donors (Lipinski definition) is 0. The lowest BCUT2D eigenvalue weighted by atomic mass is 10.2. The highest BCUT2D eigenvalue weighted by Gasteiger charge is 1.96. The molecule has 0 atom stereocenters. The maximum Gasteiger partial charge on any atom is 0.123 e. The molecule has 0 aliphatic rings. The minimum atomic E-state index is -0.223. The molecule has 0 heterocycles. The van der Waals surface area contributed by atoms with E-state index in [-0.39, 0.29) is 5.82 Å². The van der Waals surface area contributed by atoms with Gasteiger partial charge in [-0.2, -0.15) is 0 Å². The second-order valence-corrected chi connectivity index (χ2v) is 3.73. The first-order chi connectivity index (χ1) is 7.74. The topological polar surface area (TPSA) is 9.23 Å². The van der Waals surface area contributed by atoms with Gasteiger partial charge in [-0.05, 0) is 36.8 Å². The highest BCUT2D eigenvalue weighted by atomic mass is 19.1. The Kier molecular flexibility index (Phi) is 3.20. The average molecular weight is 216 g/mol. The van der Waals surface area contributed by atoms with Crippen molar-refractivity contribution in [1.29, 1.82) is 0 Å². The SMILES string of the molecule is Cc1ccc(OCc2ccc(F)cc2)cc1. The van der Waals surface area contributed by atoms with Crippen molar-refractivity contribution in [2.45, 2.75) is 13.5 Å². The first-order valence-corrected chi connectivity index (χ1v) is 5.18. The Bertz CT molecular complexity index is 400. The van der Waals surface area contributed by atoms with Gasteiger partial charge in [0, 0.05) is 0 Å². The number of rotatable bonds is 3. The van der Waals surface area contributed by atoms with Crippen LogP contribution in [-0.2, 0) is 6.61 Å². The van der Waals surface area contributed by atoms with E-state index in [4.69, 9.17) is 4.74 Å². The molecule has 0 unspecified atom stereocenters. The molecule has 0 N–H and O–H groups in total. The van der Waals surface area contributed by atoms with Crippen molar-refractivity contribution in [3.05, 3.63) is 65.5 Å². The molecule has 16 heavy (non-hydrogen) atoms. The zero-order chi connectivity index (χ0) is 11.4. The van der Waals surface area contributed by atoms with E-state index in [2.05, 4.69) is 0 Å². The Hall–Kier alpha value is -1.83. The lowest BCUT2D eigenvalue weighted by Crippen LogP contribution is -1.95. The summed E-state index contributed by atoms with van der Waals surface area (Å²) in [4.78, 5) is 0. The van der Waals surface area contributed by atoms with Gasteiger partial charge in [-0.15, -0.1) is 0 Å². The maximum absolute atomic E-state index is 12.7. The van der Waals surface area contributed by atoms with Gasteiger partial charge in [0.1, 0.15) is 18.2 Å². The Morgan fingerprint density at radius 1 is 0.938 bits per heavy atom. The normalized spacial score (nSPS) is 10.1. The summed E-state index contributed by atoms with van der Waals surface area (Å²) >= 11 is 0. The summed E-state index contributed by atoms with van der Waals surface area (Å²) < 4.78 is 18.2. The van der Waals surface area contributed by atoms with Gasteiger partial charge in [-0.25, -0.2) is 4.39 Å². The van der Waals surface area contributed by atoms with Crippen LogP contribution >= 0.6 is 0 Å². The molecule has 0 spiro atoms. The van der Waals surface area contributed by atoms with Crippen LogP contribution in [0.3, 0.4) is 0 Å². The van der Waals surface area contributed by atoms with Crippen LogP contribution in [0.4, 0.5) is 4.39 Å². The second-order valence-electron chi connectivity index (χ2n) is 3.73. The highest BCUT2D eigenvalue weighted by Crippen LogP contribution is 2.13.